The lowest BCUT2D eigenvalue weighted by atomic mass is 10.00. The molecule has 0 spiro atoms. The zero-order valence-corrected chi connectivity index (χ0v) is 21.7. The molecule has 0 amide bonds. The van der Waals surface area contributed by atoms with Crippen LogP contribution in [0.2, 0.25) is 0 Å². The van der Waals surface area contributed by atoms with Crippen LogP contribution in [0.5, 0.6) is 0 Å². The second kappa shape index (κ2) is 8.82. The Morgan fingerprint density at radius 2 is 1.18 bits per heavy atom. The molecule has 0 aliphatic carbocycles. The van der Waals surface area contributed by atoms with Gasteiger partial charge in [-0.1, -0.05) is 72.8 Å². The average Bonchev–Trinajstić information content (AvgIpc) is 3.58. The topological polar surface area (TPSA) is 26.9 Å². The average molecular weight is 513 g/mol. The zero-order chi connectivity index (χ0) is 26.6. The molecule has 40 heavy (non-hydrogen) atoms. The number of hydrogen-bond acceptors (Lipinski definition) is 1. The van der Waals surface area contributed by atoms with Gasteiger partial charge in [0.25, 0.3) is 0 Å². The second-order valence-electron chi connectivity index (χ2n) is 10.2. The third-order valence-corrected chi connectivity index (χ3v) is 7.92. The Labute approximate surface area is 231 Å². The van der Waals surface area contributed by atoms with Gasteiger partial charge < -0.3 is 9.13 Å². The molecule has 3 nitrogen and oxygen atoms in total. The lowest BCUT2D eigenvalue weighted by molar-refractivity contribution is 0.103. The smallest absolute Gasteiger partial charge is 0.193 e. The first kappa shape index (κ1) is 22.6. The zero-order valence-electron chi connectivity index (χ0n) is 21.7. The van der Waals surface area contributed by atoms with Crippen molar-refractivity contribution in [2.24, 2.45) is 0 Å². The van der Waals surface area contributed by atoms with Gasteiger partial charge >= 0.3 is 0 Å². The monoisotopic (exact) mass is 512 g/mol. The van der Waals surface area contributed by atoms with E-state index in [-0.39, 0.29) is 5.78 Å². The molecular weight excluding hydrogens is 488 g/mol. The molecule has 0 N–H and O–H groups in total. The Kier molecular flexibility index (Phi) is 4.98. The summed E-state index contributed by atoms with van der Waals surface area (Å²) in [5, 5.41) is 5.83. The van der Waals surface area contributed by atoms with E-state index in [4.69, 9.17) is 0 Å². The predicted molar refractivity (Wildman–Crippen MR) is 165 cm³/mol. The molecule has 2 heterocycles. The van der Waals surface area contributed by atoms with E-state index < -0.39 is 0 Å². The van der Waals surface area contributed by atoms with Gasteiger partial charge in [-0.3, -0.25) is 4.79 Å². The number of hydrogen-bond donors (Lipinski definition) is 0. The van der Waals surface area contributed by atoms with Crippen LogP contribution >= 0.6 is 0 Å². The predicted octanol–water partition coefficient (Wildman–Crippen LogP) is 9.11. The molecule has 0 radical (unpaired) electrons. The highest BCUT2D eigenvalue weighted by Crippen LogP contribution is 2.36. The van der Waals surface area contributed by atoms with E-state index in [0.29, 0.717) is 11.1 Å². The molecule has 0 fully saturated rings. The number of nitrogens with zero attached hydrogens (tertiary/aromatic N) is 2. The minimum Gasteiger partial charge on any atom is -0.316 e. The Morgan fingerprint density at radius 1 is 0.450 bits per heavy atom. The number of carbonyl (C=O) groups is 1. The highest BCUT2D eigenvalue weighted by atomic mass is 16.1. The maximum Gasteiger partial charge on any atom is 0.193 e. The van der Waals surface area contributed by atoms with Crippen molar-refractivity contribution in [3.8, 4) is 11.4 Å². The molecule has 0 aliphatic heterocycles. The van der Waals surface area contributed by atoms with Crippen molar-refractivity contribution in [1.29, 1.82) is 0 Å². The number of benzene rings is 6. The first-order valence-corrected chi connectivity index (χ1v) is 13.5. The summed E-state index contributed by atoms with van der Waals surface area (Å²) in [6.07, 6.45) is 2.14. The molecule has 0 bridgehead atoms. The molecule has 0 unspecified atom stereocenters. The lowest BCUT2D eigenvalue weighted by Gasteiger charge is -2.10. The van der Waals surface area contributed by atoms with E-state index in [0.717, 1.165) is 38.7 Å². The third kappa shape index (κ3) is 3.49. The maximum atomic E-state index is 13.4. The number of ketones is 1. The SMILES string of the molecule is O=C(c1ccc(-n2c3ccccc3c3cc4ccn(-c5ccccc5)c4cc32)cc1)c1ccc2ccccc2c1. The number of rotatable bonds is 4. The molecule has 8 aromatic rings. The minimum absolute atomic E-state index is 0.0296. The summed E-state index contributed by atoms with van der Waals surface area (Å²) < 4.78 is 4.54. The number of aromatic nitrogens is 2. The molecule has 0 aliphatic rings. The normalized spacial score (nSPS) is 11.6. The minimum atomic E-state index is 0.0296. The molecule has 8 rings (SSSR count). The van der Waals surface area contributed by atoms with Gasteiger partial charge in [0.2, 0.25) is 0 Å². The fourth-order valence-corrected chi connectivity index (χ4v) is 5.95. The van der Waals surface area contributed by atoms with Crippen LogP contribution in [0.3, 0.4) is 0 Å². The Balaban J connectivity index is 1.27. The Morgan fingerprint density at radius 3 is 2.02 bits per heavy atom. The van der Waals surface area contributed by atoms with Crippen molar-refractivity contribution < 1.29 is 4.79 Å². The van der Waals surface area contributed by atoms with Crippen LogP contribution < -0.4 is 0 Å². The van der Waals surface area contributed by atoms with Crippen molar-refractivity contribution >= 4 is 49.3 Å². The molecule has 0 saturated carbocycles. The van der Waals surface area contributed by atoms with Crippen LogP contribution in [-0.4, -0.2) is 14.9 Å². The van der Waals surface area contributed by atoms with Gasteiger partial charge in [0.05, 0.1) is 16.6 Å². The van der Waals surface area contributed by atoms with E-state index in [9.17, 15) is 4.79 Å². The van der Waals surface area contributed by atoms with E-state index in [1.165, 1.54) is 16.2 Å². The molecule has 2 aromatic heterocycles. The summed E-state index contributed by atoms with van der Waals surface area (Å²) in [7, 11) is 0. The highest BCUT2D eigenvalue weighted by Gasteiger charge is 2.16. The van der Waals surface area contributed by atoms with E-state index in [1.54, 1.807) is 0 Å². The van der Waals surface area contributed by atoms with Gasteiger partial charge in [-0.05, 0) is 77.5 Å². The van der Waals surface area contributed by atoms with Crippen LogP contribution in [0, 0.1) is 0 Å². The van der Waals surface area contributed by atoms with Gasteiger partial charge in [-0.15, -0.1) is 0 Å². The summed E-state index contributed by atoms with van der Waals surface area (Å²) >= 11 is 0. The Bertz CT molecular complexity index is 2220. The van der Waals surface area contributed by atoms with Crippen LogP contribution in [0.1, 0.15) is 15.9 Å². The van der Waals surface area contributed by atoms with E-state index >= 15 is 0 Å². The van der Waals surface area contributed by atoms with Crippen LogP contribution in [0.25, 0.3) is 54.9 Å². The number of fused-ring (bicyclic) bond motifs is 5. The first-order chi connectivity index (χ1) is 19.7. The van der Waals surface area contributed by atoms with Crippen LogP contribution in [-0.2, 0) is 0 Å². The standard InChI is InChI=1S/C37H24N2O/c40-37(29-15-14-25-8-4-5-9-27(25)22-29)26-16-18-31(19-17-26)39-34-13-7-6-12-32(34)33-23-28-20-21-38(35(28)24-36(33)39)30-10-2-1-3-11-30/h1-24H. The summed E-state index contributed by atoms with van der Waals surface area (Å²) in [6, 6.07) is 47.8. The maximum absolute atomic E-state index is 13.4. The molecule has 0 saturated heterocycles. The van der Waals surface area contributed by atoms with Gasteiger partial charge in [0.15, 0.2) is 5.78 Å². The highest BCUT2D eigenvalue weighted by molar-refractivity contribution is 6.14. The van der Waals surface area contributed by atoms with Crippen LogP contribution in [0.4, 0.5) is 0 Å². The van der Waals surface area contributed by atoms with E-state index in [2.05, 4.69) is 100 Å². The fourth-order valence-electron chi connectivity index (χ4n) is 5.95. The van der Waals surface area contributed by atoms with E-state index in [1.807, 2.05) is 54.6 Å². The number of carbonyl (C=O) groups excluding carboxylic acids is 1. The largest absolute Gasteiger partial charge is 0.316 e. The first-order valence-electron chi connectivity index (χ1n) is 13.5. The summed E-state index contributed by atoms with van der Waals surface area (Å²) in [5.74, 6) is 0.0296. The van der Waals surface area contributed by atoms with Crippen molar-refractivity contribution in [2.75, 3.05) is 0 Å². The summed E-state index contributed by atoms with van der Waals surface area (Å²) in [6.45, 7) is 0. The summed E-state index contributed by atoms with van der Waals surface area (Å²) in [4.78, 5) is 13.4. The quantitative estimate of drug-likeness (QED) is 0.216. The Hall–Kier alpha value is -5.41. The van der Waals surface area contributed by atoms with Crippen molar-refractivity contribution in [1.82, 2.24) is 9.13 Å². The fraction of sp³-hybridized carbons (Fsp3) is 0. The van der Waals surface area contributed by atoms with Gasteiger partial charge in [-0.2, -0.15) is 0 Å². The number of para-hydroxylation sites is 2. The van der Waals surface area contributed by atoms with Crippen molar-refractivity contribution in [2.45, 2.75) is 0 Å². The lowest BCUT2D eigenvalue weighted by Crippen LogP contribution is -2.02. The van der Waals surface area contributed by atoms with Crippen molar-refractivity contribution in [3.05, 3.63) is 157 Å². The molecule has 6 aromatic carbocycles. The second-order valence-corrected chi connectivity index (χ2v) is 10.2. The van der Waals surface area contributed by atoms with Crippen molar-refractivity contribution in [3.63, 3.8) is 0 Å². The third-order valence-electron chi connectivity index (χ3n) is 7.92. The molecular formula is C37H24N2O. The molecule has 188 valence electrons. The van der Waals surface area contributed by atoms with Gasteiger partial charge in [0, 0.05) is 44.9 Å². The van der Waals surface area contributed by atoms with Crippen LogP contribution in [0.15, 0.2) is 146 Å². The molecule has 3 heteroatoms. The molecule has 0 atom stereocenters. The van der Waals surface area contributed by atoms with Gasteiger partial charge in [-0.25, -0.2) is 0 Å². The van der Waals surface area contributed by atoms with Gasteiger partial charge in [0.1, 0.15) is 0 Å². The summed E-state index contributed by atoms with van der Waals surface area (Å²) in [5.41, 5.74) is 6.98.